The Labute approximate surface area is 113 Å². The van der Waals surface area contributed by atoms with Crippen LogP contribution in [0.3, 0.4) is 0 Å². The lowest BCUT2D eigenvalue weighted by molar-refractivity contribution is 0.0950. The van der Waals surface area contributed by atoms with E-state index in [9.17, 15) is 4.79 Å². The number of hydrogen-bond donors (Lipinski definition) is 3. The third-order valence-electron chi connectivity index (χ3n) is 3.37. The number of anilines is 1. The minimum atomic E-state index is -0.186. The summed E-state index contributed by atoms with van der Waals surface area (Å²) in [6.45, 7) is 6.67. The van der Waals surface area contributed by atoms with Crippen LogP contribution < -0.4 is 16.0 Å². The number of hydrogen-bond acceptors (Lipinski definition) is 5. The van der Waals surface area contributed by atoms with Gasteiger partial charge in [0.1, 0.15) is 5.82 Å². The predicted octanol–water partition coefficient (Wildman–Crippen LogP) is 0.780. The SMILES string of the molecule is CCNC(=O)c1ccc(NC2(C)CCNCC2)nn1. The Kier molecular flexibility index (Phi) is 4.31. The van der Waals surface area contributed by atoms with Crippen LogP contribution in [0.5, 0.6) is 0 Å². The quantitative estimate of drug-likeness (QED) is 0.748. The molecule has 0 bridgehead atoms. The van der Waals surface area contributed by atoms with Gasteiger partial charge in [0, 0.05) is 12.1 Å². The van der Waals surface area contributed by atoms with Crippen LogP contribution in [0.15, 0.2) is 12.1 Å². The third kappa shape index (κ3) is 3.64. The van der Waals surface area contributed by atoms with E-state index < -0.39 is 0 Å². The van der Waals surface area contributed by atoms with Crippen LogP contribution in [0.2, 0.25) is 0 Å². The van der Waals surface area contributed by atoms with Crippen molar-refractivity contribution >= 4 is 11.7 Å². The molecule has 19 heavy (non-hydrogen) atoms. The topological polar surface area (TPSA) is 78.9 Å². The summed E-state index contributed by atoms with van der Waals surface area (Å²) < 4.78 is 0. The number of aromatic nitrogens is 2. The summed E-state index contributed by atoms with van der Waals surface area (Å²) in [5.74, 6) is 0.534. The summed E-state index contributed by atoms with van der Waals surface area (Å²) >= 11 is 0. The van der Waals surface area contributed by atoms with Crippen LogP contribution >= 0.6 is 0 Å². The first-order valence-corrected chi connectivity index (χ1v) is 6.74. The van der Waals surface area contributed by atoms with Crippen LogP contribution in [0, 0.1) is 0 Å². The average Bonchev–Trinajstić information content (AvgIpc) is 2.40. The van der Waals surface area contributed by atoms with Gasteiger partial charge in [-0.2, -0.15) is 0 Å². The zero-order chi connectivity index (χ0) is 13.7. The fourth-order valence-electron chi connectivity index (χ4n) is 2.18. The van der Waals surface area contributed by atoms with E-state index in [4.69, 9.17) is 0 Å². The van der Waals surface area contributed by atoms with Gasteiger partial charge in [0.15, 0.2) is 5.69 Å². The molecule has 0 spiro atoms. The molecule has 1 aromatic heterocycles. The summed E-state index contributed by atoms with van der Waals surface area (Å²) in [5, 5.41) is 17.5. The van der Waals surface area contributed by atoms with Gasteiger partial charge in [0.25, 0.3) is 5.91 Å². The van der Waals surface area contributed by atoms with Gasteiger partial charge in [-0.25, -0.2) is 0 Å². The Morgan fingerprint density at radius 1 is 1.37 bits per heavy atom. The molecule has 0 aromatic carbocycles. The zero-order valence-electron chi connectivity index (χ0n) is 11.5. The first kappa shape index (κ1) is 13.7. The molecule has 1 aliphatic heterocycles. The molecule has 0 saturated carbocycles. The fraction of sp³-hybridized carbons (Fsp3) is 0.615. The summed E-state index contributed by atoms with van der Waals surface area (Å²) in [6.07, 6.45) is 2.10. The molecule has 1 amide bonds. The summed E-state index contributed by atoms with van der Waals surface area (Å²) in [7, 11) is 0. The highest BCUT2D eigenvalue weighted by Crippen LogP contribution is 2.22. The van der Waals surface area contributed by atoms with Crippen molar-refractivity contribution in [1.82, 2.24) is 20.8 Å². The Morgan fingerprint density at radius 2 is 2.11 bits per heavy atom. The van der Waals surface area contributed by atoms with Crippen molar-refractivity contribution in [2.45, 2.75) is 32.2 Å². The van der Waals surface area contributed by atoms with Crippen molar-refractivity contribution in [2.24, 2.45) is 0 Å². The molecule has 1 fully saturated rings. The monoisotopic (exact) mass is 263 g/mol. The molecule has 3 N–H and O–H groups in total. The second kappa shape index (κ2) is 5.97. The predicted molar refractivity (Wildman–Crippen MR) is 74.2 cm³/mol. The molecule has 0 radical (unpaired) electrons. The number of carbonyl (C=O) groups excluding carboxylic acids is 1. The number of carbonyl (C=O) groups is 1. The van der Waals surface area contributed by atoms with Gasteiger partial charge in [-0.3, -0.25) is 4.79 Å². The van der Waals surface area contributed by atoms with E-state index in [1.54, 1.807) is 6.07 Å². The van der Waals surface area contributed by atoms with Gasteiger partial charge in [0.2, 0.25) is 0 Å². The van der Waals surface area contributed by atoms with Gasteiger partial charge in [-0.05, 0) is 51.9 Å². The fourth-order valence-corrected chi connectivity index (χ4v) is 2.18. The average molecular weight is 263 g/mol. The minimum absolute atomic E-state index is 0.0487. The van der Waals surface area contributed by atoms with E-state index in [1.165, 1.54) is 0 Å². The molecular formula is C13H21N5O. The van der Waals surface area contributed by atoms with E-state index in [0.717, 1.165) is 31.7 Å². The largest absolute Gasteiger partial charge is 0.363 e. The van der Waals surface area contributed by atoms with Gasteiger partial charge in [-0.15, -0.1) is 10.2 Å². The van der Waals surface area contributed by atoms with E-state index >= 15 is 0 Å². The summed E-state index contributed by atoms with van der Waals surface area (Å²) in [5.41, 5.74) is 0.399. The van der Waals surface area contributed by atoms with E-state index in [1.807, 2.05) is 13.0 Å². The molecule has 1 aromatic rings. The number of nitrogens with zero attached hydrogens (tertiary/aromatic N) is 2. The van der Waals surface area contributed by atoms with Crippen molar-refractivity contribution < 1.29 is 4.79 Å². The molecule has 6 heteroatoms. The maximum atomic E-state index is 11.6. The van der Waals surface area contributed by atoms with Crippen molar-refractivity contribution in [3.63, 3.8) is 0 Å². The number of nitrogens with one attached hydrogen (secondary N) is 3. The van der Waals surface area contributed by atoms with Crippen LogP contribution in [-0.4, -0.2) is 41.3 Å². The first-order chi connectivity index (χ1) is 9.13. The van der Waals surface area contributed by atoms with E-state index in [-0.39, 0.29) is 11.4 Å². The minimum Gasteiger partial charge on any atom is -0.363 e. The Hall–Kier alpha value is -1.69. The van der Waals surface area contributed by atoms with Crippen LogP contribution in [0.1, 0.15) is 37.2 Å². The standard InChI is InChI=1S/C13H21N5O/c1-3-15-12(19)10-4-5-11(18-17-10)16-13(2)6-8-14-9-7-13/h4-5,14H,3,6-9H2,1-2H3,(H,15,19)(H,16,18). The van der Waals surface area contributed by atoms with Crippen molar-refractivity contribution in [1.29, 1.82) is 0 Å². The maximum absolute atomic E-state index is 11.6. The molecule has 0 unspecified atom stereocenters. The normalized spacial score (nSPS) is 17.8. The van der Waals surface area contributed by atoms with E-state index in [0.29, 0.717) is 12.2 Å². The van der Waals surface area contributed by atoms with Crippen LogP contribution in [0.4, 0.5) is 5.82 Å². The molecule has 2 heterocycles. The Morgan fingerprint density at radius 3 is 2.68 bits per heavy atom. The highest BCUT2D eigenvalue weighted by molar-refractivity contribution is 5.92. The second-order valence-electron chi connectivity index (χ2n) is 5.10. The van der Waals surface area contributed by atoms with E-state index in [2.05, 4.69) is 33.1 Å². The van der Waals surface area contributed by atoms with Crippen molar-refractivity contribution in [3.05, 3.63) is 17.8 Å². The number of piperidine rings is 1. The third-order valence-corrected chi connectivity index (χ3v) is 3.37. The highest BCUT2D eigenvalue weighted by Gasteiger charge is 2.26. The Balaban J connectivity index is 2.00. The molecule has 2 rings (SSSR count). The van der Waals surface area contributed by atoms with Crippen molar-refractivity contribution in [3.8, 4) is 0 Å². The van der Waals surface area contributed by atoms with Crippen LogP contribution in [0.25, 0.3) is 0 Å². The number of rotatable bonds is 4. The summed E-state index contributed by atoms with van der Waals surface area (Å²) in [4.78, 5) is 11.6. The zero-order valence-corrected chi connectivity index (χ0v) is 11.5. The highest BCUT2D eigenvalue weighted by atomic mass is 16.1. The Bertz CT molecular complexity index is 425. The molecule has 104 valence electrons. The lowest BCUT2D eigenvalue weighted by atomic mass is 9.91. The lowest BCUT2D eigenvalue weighted by Gasteiger charge is -2.35. The summed E-state index contributed by atoms with van der Waals surface area (Å²) in [6, 6.07) is 3.51. The van der Waals surface area contributed by atoms with Gasteiger partial charge in [-0.1, -0.05) is 0 Å². The molecule has 0 atom stereocenters. The molecule has 1 aliphatic rings. The van der Waals surface area contributed by atoms with Crippen LogP contribution in [-0.2, 0) is 0 Å². The molecular weight excluding hydrogens is 242 g/mol. The van der Waals surface area contributed by atoms with Gasteiger partial charge < -0.3 is 16.0 Å². The molecule has 1 saturated heterocycles. The van der Waals surface area contributed by atoms with Crippen molar-refractivity contribution in [2.75, 3.05) is 25.0 Å². The van der Waals surface area contributed by atoms with Gasteiger partial charge >= 0.3 is 0 Å². The van der Waals surface area contributed by atoms with Gasteiger partial charge in [0.05, 0.1) is 0 Å². The maximum Gasteiger partial charge on any atom is 0.271 e. The smallest absolute Gasteiger partial charge is 0.271 e. The molecule has 6 nitrogen and oxygen atoms in total. The number of amides is 1. The molecule has 0 aliphatic carbocycles. The second-order valence-corrected chi connectivity index (χ2v) is 5.10. The lowest BCUT2D eigenvalue weighted by Crippen LogP contribution is -2.45. The first-order valence-electron chi connectivity index (χ1n) is 6.74.